The van der Waals surface area contributed by atoms with Crippen molar-refractivity contribution in [2.45, 2.75) is 19.4 Å². The predicted molar refractivity (Wildman–Crippen MR) is 77.5 cm³/mol. The smallest absolute Gasteiger partial charge is 0.124 e. The summed E-state index contributed by atoms with van der Waals surface area (Å²) in [5.74, 6) is 0. The summed E-state index contributed by atoms with van der Waals surface area (Å²) >= 11 is 5.32. The first-order valence-corrected chi connectivity index (χ1v) is 7.18. The van der Waals surface area contributed by atoms with Gasteiger partial charge in [0.25, 0.3) is 0 Å². The van der Waals surface area contributed by atoms with E-state index in [1.807, 2.05) is 31.4 Å². The fraction of sp³-hybridized carbons (Fsp3) is 0.308. The van der Waals surface area contributed by atoms with Crippen molar-refractivity contribution in [3.05, 3.63) is 39.8 Å². The predicted octanol–water partition coefficient (Wildman–Crippen LogP) is 3.72. The van der Waals surface area contributed by atoms with Crippen molar-refractivity contribution in [1.82, 2.24) is 10.3 Å². The number of rotatable bonds is 4. The van der Waals surface area contributed by atoms with Crippen LogP contribution >= 0.6 is 27.3 Å². The van der Waals surface area contributed by atoms with Crippen LogP contribution in [0.4, 0.5) is 0 Å². The monoisotopic (exact) mass is 310 g/mol. The standard InChI is InChI=1S/C13H15BrN2S/c1-9(15-2)7-10-8-16-13(17-10)11-5-3-4-6-12(11)14/h3-6,8-9,15H,7H2,1-2H3. The Morgan fingerprint density at radius 3 is 2.88 bits per heavy atom. The van der Waals surface area contributed by atoms with Gasteiger partial charge in [-0.1, -0.05) is 34.1 Å². The van der Waals surface area contributed by atoms with E-state index in [9.17, 15) is 0 Å². The van der Waals surface area contributed by atoms with Crippen LogP contribution in [0.25, 0.3) is 10.6 Å². The fourth-order valence-corrected chi connectivity index (χ4v) is 3.25. The van der Waals surface area contributed by atoms with Gasteiger partial charge in [-0.25, -0.2) is 4.98 Å². The van der Waals surface area contributed by atoms with Crippen LogP contribution < -0.4 is 5.32 Å². The molecule has 0 saturated carbocycles. The van der Waals surface area contributed by atoms with E-state index in [2.05, 4.69) is 39.2 Å². The number of halogens is 1. The highest BCUT2D eigenvalue weighted by Crippen LogP contribution is 2.31. The molecular formula is C13H15BrN2S. The van der Waals surface area contributed by atoms with E-state index in [1.165, 1.54) is 10.4 Å². The van der Waals surface area contributed by atoms with Crippen molar-refractivity contribution in [3.63, 3.8) is 0 Å². The highest BCUT2D eigenvalue weighted by atomic mass is 79.9. The maximum atomic E-state index is 4.50. The summed E-state index contributed by atoms with van der Waals surface area (Å²) in [5.41, 5.74) is 1.17. The number of likely N-dealkylation sites (N-methyl/N-ethyl adjacent to an activating group) is 1. The van der Waals surface area contributed by atoms with Crippen molar-refractivity contribution < 1.29 is 0 Å². The van der Waals surface area contributed by atoms with Gasteiger partial charge in [0.1, 0.15) is 5.01 Å². The molecule has 1 N–H and O–H groups in total. The molecule has 0 aliphatic carbocycles. The molecule has 4 heteroatoms. The summed E-state index contributed by atoms with van der Waals surface area (Å²) in [5, 5.41) is 4.32. The topological polar surface area (TPSA) is 24.9 Å². The van der Waals surface area contributed by atoms with E-state index in [4.69, 9.17) is 0 Å². The maximum absolute atomic E-state index is 4.50. The van der Waals surface area contributed by atoms with Crippen molar-refractivity contribution >= 4 is 27.3 Å². The van der Waals surface area contributed by atoms with Crippen molar-refractivity contribution in [3.8, 4) is 10.6 Å². The Bertz CT molecular complexity index is 496. The summed E-state index contributed by atoms with van der Waals surface area (Å²) in [6, 6.07) is 8.69. The molecule has 1 atom stereocenters. The molecule has 0 amide bonds. The molecule has 0 radical (unpaired) electrons. The first-order valence-electron chi connectivity index (χ1n) is 5.57. The van der Waals surface area contributed by atoms with Crippen LogP contribution in [0.2, 0.25) is 0 Å². The van der Waals surface area contributed by atoms with Gasteiger partial charge in [0.15, 0.2) is 0 Å². The second kappa shape index (κ2) is 5.76. The van der Waals surface area contributed by atoms with E-state index < -0.39 is 0 Å². The van der Waals surface area contributed by atoms with E-state index >= 15 is 0 Å². The van der Waals surface area contributed by atoms with Crippen molar-refractivity contribution in [2.75, 3.05) is 7.05 Å². The number of hydrogen-bond acceptors (Lipinski definition) is 3. The summed E-state index contributed by atoms with van der Waals surface area (Å²) < 4.78 is 1.10. The van der Waals surface area contributed by atoms with Gasteiger partial charge in [-0.2, -0.15) is 0 Å². The summed E-state index contributed by atoms with van der Waals surface area (Å²) in [4.78, 5) is 5.81. The average Bonchev–Trinajstić information content (AvgIpc) is 2.78. The molecule has 1 aromatic heterocycles. The Labute approximate surface area is 114 Å². The Morgan fingerprint density at radius 2 is 2.18 bits per heavy atom. The van der Waals surface area contributed by atoms with Gasteiger partial charge in [-0.3, -0.25) is 0 Å². The Balaban J connectivity index is 2.21. The van der Waals surface area contributed by atoms with E-state index in [-0.39, 0.29) is 0 Å². The minimum atomic E-state index is 0.488. The zero-order chi connectivity index (χ0) is 12.3. The molecule has 2 nitrogen and oxygen atoms in total. The molecule has 17 heavy (non-hydrogen) atoms. The van der Waals surface area contributed by atoms with Crippen LogP contribution in [-0.4, -0.2) is 18.1 Å². The van der Waals surface area contributed by atoms with Gasteiger partial charge in [0, 0.05) is 27.2 Å². The van der Waals surface area contributed by atoms with Crippen LogP contribution in [0.5, 0.6) is 0 Å². The normalized spacial score (nSPS) is 12.6. The molecule has 0 saturated heterocycles. The Kier molecular flexibility index (Phi) is 4.31. The summed E-state index contributed by atoms with van der Waals surface area (Å²) in [6.07, 6.45) is 3.01. The van der Waals surface area contributed by atoms with Crippen LogP contribution in [-0.2, 0) is 6.42 Å². The minimum absolute atomic E-state index is 0.488. The Morgan fingerprint density at radius 1 is 1.41 bits per heavy atom. The second-order valence-corrected chi connectivity index (χ2v) is 5.97. The minimum Gasteiger partial charge on any atom is -0.317 e. The highest BCUT2D eigenvalue weighted by molar-refractivity contribution is 9.10. The molecule has 0 fully saturated rings. The van der Waals surface area contributed by atoms with Gasteiger partial charge in [0.2, 0.25) is 0 Å². The van der Waals surface area contributed by atoms with Gasteiger partial charge in [-0.05, 0) is 26.5 Å². The lowest BCUT2D eigenvalue weighted by atomic mass is 10.2. The fourth-order valence-electron chi connectivity index (χ4n) is 1.56. The Hall–Kier alpha value is -0.710. The number of benzene rings is 1. The van der Waals surface area contributed by atoms with Gasteiger partial charge in [-0.15, -0.1) is 11.3 Å². The van der Waals surface area contributed by atoms with Crippen LogP contribution in [0, 0.1) is 0 Å². The molecule has 0 spiro atoms. The highest BCUT2D eigenvalue weighted by Gasteiger charge is 2.09. The van der Waals surface area contributed by atoms with E-state index in [0.717, 1.165) is 15.9 Å². The third-order valence-corrected chi connectivity index (χ3v) is 4.40. The molecule has 1 aromatic carbocycles. The number of hydrogen-bond donors (Lipinski definition) is 1. The summed E-state index contributed by atoms with van der Waals surface area (Å²) in [6.45, 7) is 2.18. The first kappa shape index (κ1) is 12.7. The van der Waals surface area contributed by atoms with Crippen LogP contribution in [0.15, 0.2) is 34.9 Å². The number of thiazole rings is 1. The van der Waals surface area contributed by atoms with Crippen molar-refractivity contribution in [2.24, 2.45) is 0 Å². The molecule has 1 unspecified atom stereocenters. The number of nitrogens with zero attached hydrogens (tertiary/aromatic N) is 1. The van der Waals surface area contributed by atoms with E-state index in [0.29, 0.717) is 6.04 Å². The SMILES string of the molecule is CNC(C)Cc1cnc(-c2ccccc2Br)s1. The molecule has 2 aromatic rings. The largest absolute Gasteiger partial charge is 0.317 e. The van der Waals surface area contributed by atoms with Gasteiger partial charge >= 0.3 is 0 Å². The lowest BCUT2D eigenvalue weighted by Crippen LogP contribution is -2.22. The molecule has 90 valence electrons. The van der Waals surface area contributed by atoms with Crippen LogP contribution in [0.3, 0.4) is 0 Å². The summed E-state index contributed by atoms with van der Waals surface area (Å²) in [7, 11) is 1.99. The average molecular weight is 311 g/mol. The third kappa shape index (κ3) is 3.15. The first-order chi connectivity index (χ1) is 8.20. The molecule has 2 rings (SSSR count). The maximum Gasteiger partial charge on any atom is 0.124 e. The third-order valence-electron chi connectivity index (χ3n) is 2.66. The quantitative estimate of drug-likeness (QED) is 0.931. The second-order valence-electron chi connectivity index (χ2n) is 4.01. The molecule has 0 bridgehead atoms. The molecule has 0 aliphatic rings. The lowest BCUT2D eigenvalue weighted by molar-refractivity contribution is 0.612. The van der Waals surface area contributed by atoms with Gasteiger partial charge < -0.3 is 5.32 Å². The molecule has 1 heterocycles. The van der Waals surface area contributed by atoms with Gasteiger partial charge in [0.05, 0.1) is 0 Å². The van der Waals surface area contributed by atoms with Crippen LogP contribution in [0.1, 0.15) is 11.8 Å². The number of aromatic nitrogens is 1. The molecular weight excluding hydrogens is 296 g/mol. The lowest BCUT2D eigenvalue weighted by Gasteiger charge is -2.06. The zero-order valence-electron chi connectivity index (χ0n) is 9.90. The molecule has 0 aliphatic heterocycles. The van der Waals surface area contributed by atoms with E-state index in [1.54, 1.807) is 11.3 Å². The van der Waals surface area contributed by atoms with Crippen molar-refractivity contribution in [1.29, 1.82) is 0 Å². The zero-order valence-corrected chi connectivity index (χ0v) is 12.3. The number of nitrogens with one attached hydrogen (secondary N) is 1.